The van der Waals surface area contributed by atoms with Crippen LogP contribution in [0.1, 0.15) is 35.6 Å². The van der Waals surface area contributed by atoms with Crippen LogP contribution in [0.25, 0.3) is 0 Å². The summed E-state index contributed by atoms with van der Waals surface area (Å²) in [6.45, 7) is 2.78. The lowest BCUT2D eigenvalue weighted by Gasteiger charge is -2.50. The molecule has 0 spiro atoms. The molecule has 0 aliphatic carbocycles. The molecule has 2 saturated heterocycles. The Morgan fingerprint density at radius 1 is 0.929 bits per heavy atom. The van der Waals surface area contributed by atoms with E-state index in [0.717, 1.165) is 52.7 Å². The Bertz CT molecular complexity index is 1430. The van der Waals surface area contributed by atoms with Gasteiger partial charge in [0.25, 0.3) is 5.91 Å². The number of carbonyl (C=O) groups is 3. The highest BCUT2D eigenvalue weighted by Gasteiger charge is 2.55. The van der Waals surface area contributed by atoms with Crippen molar-refractivity contribution in [2.45, 2.75) is 36.8 Å². The van der Waals surface area contributed by atoms with Crippen molar-refractivity contribution in [2.24, 2.45) is 0 Å². The quantitative estimate of drug-likeness (QED) is 0.229. The maximum Gasteiger partial charge on any atom is 0.356 e. The van der Waals surface area contributed by atoms with Gasteiger partial charge in [-0.3, -0.25) is 14.5 Å². The first-order chi connectivity index (χ1) is 20.4. The highest BCUT2D eigenvalue weighted by atomic mass is 32.2. The second-order valence-electron chi connectivity index (χ2n) is 11.6. The van der Waals surface area contributed by atoms with Crippen molar-refractivity contribution in [3.63, 3.8) is 0 Å². The van der Waals surface area contributed by atoms with Crippen LogP contribution in [0.2, 0.25) is 0 Å². The molecule has 2 atom stereocenters. The second kappa shape index (κ2) is 12.2. The van der Waals surface area contributed by atoms with Gasteiger partial charge in [-0.05, 0) is 16.7 Å². The summed E-state index contributed by atoms with van der Waals surface area (Å²) in [6.07, 6.45) is 1.89. The highest BCUT2D eigenvalue weighted by Crippen LogP contribution is 2.42. The summed E-state index contributed by atoms with van der Waals surface area (Å²) < 4.78 is 7.14. The van der Waals surface area contributed by atoms with E-state index in [0.29, 0.717) is 18.0 Å². The van der Waals surface area contributed by atoms with E-state index in [1.807, 2.05) is 91.0 Å². The summed E-state index contributed by atoms with van der Waals surface area (Å²) in [4.78, 5) is 42.2. The van der Waals surface area contributed by atoms with Gasteiger partial charge in [-0.15, -0.1) is 11.8 Å². The van der Waals surface area contributed by atoms with Gasteiger partial charge in [0.05, 0.1) is 26.6 Å². The third-order valence-corrected chi connectivity index (χ3v) is 9.75. The summed E-state index contributed by atoms with van der Waals surface area (Å²) in [5, 5.41) is 2.58. The Labute approximate surface area is 251 Å². The number of carbonyl (C=O) groups excluding carboxylic acids is 3. The minimum Gasteiger partial charge on any atom is -0.448 e. The van der Waals surface area contributed by atoms with Gasteiger partial charge in [0, 0.05) is 24.2 Å². The van der Waals surface area contributed by atoms with Crippen molar-refractivity contribution < 1.29 is 23.6 Å². The lowest BCUT2D eigenvalue weighted by atomic mass is 10.00. The fourth-order valence-electron chi connectivity index (χ4n) is 6.26. The van der Waals surface area contributed by atoms with Gasteiger partial charge in [0.15, 0.2) is 6.10 Å². The lowest BCUT2D eigenvalue weighted by molar-refractivity contribution is -0.893. The number of thioether (sulfide) groups is 1. The van der Waals surface area contributed by atoms with Gasteiger partial charge in [0.2, 0.25) is 5.91 Å². The van der Waals surface area contributed by atoms with E-state index >= 15 is 0 Å². The van der Waals surface area contributed by atoms with Gasteiger partial charge >= 0.3 is 5.97 Å². The summed E-state index contributed by atoms with van der Waals surface area (Å²) >= 11 is 1.61. The number of benzene rings is 3. The van der Waals surface area contributed by atoms with Gasteiger partial charge in [0.1, 0.15) is 23.7 Å². The number of esters is 1. The molecule has 1 N–H and O–H groups in total. The highest BCUT2D eigenvalue weighted by molar-refractivity contribution is 8.00. The Hall–Kier alpha value is -3.88. The standard InChI is InChI=1S/C34H35N3O4S/c1-37(19-11-12-20-37)22-27-23-42-33-29(35-28(38)21-24-13-5-2-6-14-24)32(39)36(33)30(27)34(40)41-31(25-15-7-3-8-16-25)26-17-9-4-10-18-26/h2-10,13-18,29,31,33H,11-12,19-23H2,1H3/p+1/t29-,33-/m1/s1. The Morgan fingerprint density at radius 2 is 1.50 bits per heavy atom. The molecule has 42 heavy (non-hydrogen) atoms. The molecule has 0 radical (unpaired) electrons. The molecule has 216 valence electrons. The normalized spacial score (nSPS) is 21.1. The van der Waals surface area contributed by atoms with Crippen molar-refractivity contribution in [3.8, 4) is 0 Å². The number of hydrogen-bond donors (Lipinski definition) is 1. The van der Waals surface area contributed by atoms with Gasteiger partial charge in [-0.25, -0.2) is 4.79 Å². The zero-order valence-electron chi connectivity index (χ0n) is 23.8. The molecule has 3 aromatic rings. The molecule has 0 aromatic heterocycles. The van der Waals surface area contributed by atoms with E-state index in [1.165, 1.54) is 0 Å². The molecule has 7 nitrogen and oxygen atoms in total. The monoisotopic (exact) mass is 582 g/mol. The lowest BCUT2D eigenvalue weighted by Crippen LogP contribution is -2.71. The number of amides is 2. The number of nitrogens with zero attached hydrogens (tertiary/aromatic N) is 2. The van der Waals surface area contributed by atoms with Crippen molar-refractivity contribution >= 4 is 29.5 Å². The second-order valence-corrected chi connectivity index (χ2v) is 12.7. The van der Waals surface area contributed by atoms with E-state index < -0.39 is 18.1 Å². The predicted octanol–water partition coefficient (Wildman–Crippen LogP) is 4.46. The number of likely N-dealkylation sites (N-methyl/N-ethyl adjacent to an activating group) is 1. The first-order valence-corrected chi connectivity index (χ1v) is 15.6. The SMILES string of the molecule is C[N+]1(CC2=C(C(=O)OC(c3ccccc3)c3ccccc3)N3C(=O)[C@@H](NC(=O)Cc4ccccc4)[C@H]3SC2)CCCC1. The van der Waals surface area contributed by atoms with Crippen LogP contribution in [0, 0.1) is 0 Å². The number of hydrogen-bond acceptors (Lipinski definition) is 5. The fraction of sp³-hybridized carbons (Fsp3) is 0.324. The van der Waals surface area contributed by atoms with E-state index in [1.54, 1.807) is 16.7 Å². The molecular formula is C34H36N3O4S+. The van der Waals surface area contributed by atoms with Crippen molar-refractivity contribution in [2.75, 3.05) is 32.4 Å². The number of ether oxygens (including phenoxy) is 1. The summed E-state index contributed by atoms with van der Waals surface area (Å²) in [5.74, 6) is -0.361. The molecule has 2 amide bonds. The van der Waals surface area contributed by atoms with Crippen molar-refractivity contribution in [1.29, 1.82) is 0 Å². The van der Waals surface area contributed by atoms with Gasteiger partial charge < -0.3 is 14.5 Å². The minimum atomic E-state index is -0.675. The molecule has 3 heterocycles. The van der Waals surface area contributed by atoms with Crippen LogP contribution < -0.4 is 5.32 Å². The molecule has 6 rings (SSSR count). The maximum absolute atomic E-state index is 14.2. The topological polar surface area (TPSA) is 75.7 Å². The molecule has 2 fully saturated rings. The largest absolute Gasteiger partial charge is 0.448 e. The first-order valence-electron chi connectivity index (χ1n) is 14.6. The third kappa shape index (κ3) is 5.87. The Morgan fingerprint density at radius 3 is 2.10 bits per heavy atom. The molecule has 3 aliphatic heterocycles. The van der Waals surface area contributed by atoms with Crippen LogP contribution in [0.3, 0.4) is 0 Å². The number of likely N-dealkylation sites (tertiary alicyclic amines) is 1. The van der Waals surface area contributed by atoms with E-state index in [-0.39, 0.29) is 23.6 Å². The fourth-order valence-corrected chi connectivity index (χ4v) is 7.60. The maximum atomic E-state index is 14.2. The predicted molar refractivity (Wildman–Crippen MR) is 163 cm³/mol. The first kappa shape index (κ1) is 28.2. The number of nitrogens with one attached hydrogen (secondary N) is 1. The van der Waals surface area contributed by atoms with E-state index in [9.17, 15) is 14.4 Å². The smallest absolute Gasteiger partial charge is 0.356 e. The van der Waals surface area contributed by atoms with E-state index in [2.05, 4.69) is 12.4 Å². The molecule has 0 saturated carbocycles. The zero-order chi connectivity index (χ0) is 29.1. The van der Waals surface area contributed by atoms with Gasteiger partial charge in [-0.1, -0.05) is 91.0 Å². The van der Waals surface area contributed by atoms with Gasteiger partial charge in [-0.2, -0.15) is 0 Å². The zero-order valence-corrected chi connectivity index (χ0v) is 24.6. The third-order valence-electron chi connectivity index (χ3n) is 8.41. The van der Waals surface area contributed by atoms with Crippen LogP contribution in [0.4, 0.5) is 0 Å². The van der Waals surface area contributed by atoms with Crippen molar-refractivity contribution in [3.05, 3.63) is 119 Å². The minimum absolute atomic E-state index is 0.198. The summed E-state index contributed by atoms with van der Waals surface area (Å²) in [7, 11) is 2.22. The van der Waals surface area contributed by atoms with Crippen LogP contribution in [-0.2, 0) is 25.5 Å². The number of quaternary nitrogens is 1. The summed E-state index contributed by atoms with van der Waals surface area (Å²) in [5.41, 5.74) is 3.89. The molecule has 0 unspecified atom stereocenters. The van der Waals surface area contributed by atoms with E-state index in [4.69, 9.17) is 4.74 Å². The summed E-state index contributed by atoms with van der Waals surface area (Å²) in [6, 6.07) is 28.2. The molecular weight excluding hydrogens is 546 g/mol. The average Bonchev–Trinajstić information content (AvgIpc) is 3.45. The number of rotatable bonds is 9. The molecule has 3 aromatic carbocycles. The Balaban J connectivity index is 1.27. The van der Waals surface area contributed by atoms with Crippen LogP contribution in [0.15, 0.2) is 102 Å². The average molecular weight is 583 g/mol. The van der Waals surface area contributed by atoms with Crippen molar-refractivity contribution in [1.82, 2.24) is 10.2 Å². The molecule has 8 heteroatoms. The molecule has 0 bridgehead atoms. The van der Waals surface area contributed by atoms with Crippen LogP contribution >= 0.6 is 11.8 Å². The Kier molecular flexibility index (Phi) is 8.18. The van der Waals surface area contributed by atoms with Crippen LogP contribution in [0.5, 0.6) is 0 Å². The van der Waals surface area contributed by atoms with Crippen LogP contribution in [-0.4, -0.2) is 71.0 Å². The number of β-lactam (4-membered cyclic amide) rings is 1. The molecule has 3 aliphatic rings. The number of fused-ring (bicyclic) bond motifs is 1.